The fraction of sp³-hybridized carbons (Fsp3) is 0.909. The molecule has 0 aliphatic carbocycles. The van der Waals surface area contributed by atoms with Crippen LogP contribution >= 0.6 is 0 Å². The highest BCUT2D eigenvalue weighted by molar-refractivity contribution is 5.78. The molecule has 0 aromatic carbocycles. The Morgan fingerprint density at radius 2 is 2.00 bits per heavy atom. The summed E-state index contributed by atoms with van der Waals surface area (Å²) in [6.07, 6.45) is 0.184. The van der Waals surface area contributed by atoms with E-state index >= 15 is 0 Å². The number of amides is 1. The van der Waals surface area contributed by atoms with Gasteiger partial charge in [0.05, 0.1) is 6.10 Å². The summed E-state index contributed by atoms with van der Waals surface area (Å²) in [5.74, 6) is -0.280. The summed E-state index contributed by atoms with van der Waals surface area (Å²) in [5, 5.41) is 12.3. The van der Waals surface area contributed by atoms with Crippen LogP contribution in [0.25, 0.3) is 0 Å². The molecule has 15 heavy (non-hydrogen) atoms. The van der Waals surface area contributed by atoms with Crippen LogP contribution in [0.4, 0.5) is 0 Å². The van der Waals surface area contributed by atoms with Gasteiger partial charge in [0, 0.05) is 19.0 Å². The van der Waals surface area contributed by atoms with Gasteiger partial charge in [-0.25, -0.2) is 0 Å². The van der Waals surface area contributed by atoms with Crippen molar-refractivity contribution in [2.45, 2.75) is 40.2 Å². The number of carbonyl (C=O) groups excluding carboxylic acids is 1. The van der Waals surface area contributed by atoms with Gasteiger partial charge < -0.3 is 16.2 Å². The van der Waals surface area contributed by atoms with Gasteiger partial charge in [-0.2, -0.15) is 0 Å². The maximum absolute atomic E-state index is 11.3. The SMILES string of the molecule is CC(CN)C(=O)NCC(O)CC(C)(C)C. The van der Waals surface area contributed by atoms with E-state index in [4.69, 9.17) is 5.73 Å². The smallest absolute Gasteiger partial charge is 0.224 e. The lowest BCUT2D eigenvalue weighted by molar-refractivity contribution is -0.124. The quantitative estimate of drug-likeness (QED) is 0.626. The third-order valence-corrected chi connectivity index (χ3v) is 2.16. The molecular weight excluding hydrogens is 192 g/mol. The first-order valence-electron chi connectivity index (χ1n) is 5.42. The van der Waals surface area contributed by atoms with E-state index in [-0.39, 0.29) is 17.2 Å². The molecule has 1 amide bonds. The van der Waals surface area contributed by atoms with E-state index in [1.54, 1.807) is 6.92 Å². The standard InChI is InChI=1S/C11H24N2O2/c1-8(6-12)10(15)13-7-9(14)5-11(2,3)4/h8-9,14H,5-7,12H2,1-4H3,(H,13,15). The Labute approximate surface area is 92.2 Å². The molecule has 90 valence electrons. The third kappa shape index (κ3) is 7.33. The maximum atomic E-state index is 11.3. The number of nitrogens with two attached hydrogens (primary N) is 1. The van der Waals surface area contributed by atoms with Crippen LogP contribution < -0.4 is 11.1 Å². The minimum absolute atomic E-state index is 0.0730. The molecule has 0 fully saturated rings. The van der Waals surface area contributed by atoms with Gasteiger partial charge in [-0.15, -0.1) is 0 Å². The van der Waals surface area contributed by atoms with Crippen molar-refractivity contribution in [2.75, 3.05) is 13.1 Å². The molecule has 0 aliphatic heterocycles. The Bertz CT molecular complexity index is 199. The highest BCUT2D eigenvalue weighted by Gasteiger charge is 2.18. The van der Waals surface area contributed by atoms with Crippen LogP contribution in [0.15, 0.2) is 0 Å². The van der Waals surface area contributed by atoms with E-state index in [0.717, 1.165) is 0 Å². The third-order valence-electron chi connectivity index (χ3n) is 2.16. The largest absolute Gasteiger partial charge is 0.391 e. The Morgan fingerprint density at radius 3 is 2.40 bits per heavy atom. The molecule has 0 spiro atoms. The molecule has 4 heteroatoms. The van der Waals surface area contributed by atoms with Crippen LogP contribution in [0.5, 0.6) is 0 Å². The molecule has 0 heterocycles. The number of aliphatic hydroxyl groups is 1. The summed E-state index contributed by atoms with van der Waals surface area (Å²) in [4.78, 5) is 11.3. The number of carbonyl (C=O) groups is 1. The number of hydrogen-bond donors (Lipinski definition) is 3. The highest BCUT2D eigenvalue weighted by atomic mass is 16.3. The summed E-state index contributed by atoms with van der Waals surface area (Å²) < 4.78 is 0. The predicted octanol–water partition coefficient (Wildman–Crippen LogP) is 0.495. The molecule has 0 aromatic rings. The lowest BCUT2D eigenvalue weighted by Crippen LogP contribution is -2.38. The van der Waals surface area contributed by atoms with E-state index in [0.29, 0.717) is 19.5 Å². The molecule has 0 saturated heterocycles. The van der Waals surface area contributed by atoms with Crippen molar-refractivity contribution in [1.29, 1.82) is 0 Å². The van der Waals surface area contributed by atoms with Gasteiger partial charge in [0.2, 0.25) is 5.91 Å². The van der Waals surface area contributed by atoms with E-state index in [9.17, 15) is 9.90 Å². The number of aliphatic hydroxyl groups excluding tert-OH is 1. The Kier molecular flexibility index (Phi) is 5.83. The van der Waals surface area contributed by atoms with Crippen molar-refractivity contribution >= 4 is 5.91 Å². The first-order valence-corrected chi connectivity index (χ1v) is 5.42. The zero-order valence-electron chi connectivity index (χ0n) is 10.2. The Hall–Kier alpha value is -0.610. The summed E-state index contributed by atoms with van der Waals surface area (Å²) in [5.41, 5.74) is 5.43. The minimum atomic E-state index is -0.487. The molecule has 0 rings (SSSR count). The second-order valence-corrected chi connectivity index (χ2v) is 5.30. The van der Waals surface area contributed by atoms with Crippen molar-refractivity contribution in [3.05, 3.63) is 0 Å². The Balaban J connectivity index is 3.81. The van der Waals surface area contributed by atoms with Crippen LogP contribution in [0.2, 0.25) is 0 Å². The van der Waals surface area contributed by atoms with Crippen LogP contribution in [0.3, 0.4) is 0 Å². The molecule has 0 bridgehead atoms. The van der Waals surface area contributed by atoms with Crippen LogP contribution in [-0.2, 0) is 4.79 Å². The van der Waals surface area contributed by atoms with Crippen molar-refractivity contribution in [3.63, 3.8) is 0 Å². The average Bonchev–Trinajstić information content (AvgIpc) is 2.10. The molecule has 0 aromatic heterocycles. The van der Waals surface area contributed by atoms with Gasteiger partial charge in [-0.05, 0) is 11.8 Å². The van der Waals surface area contributed by atoms with E-state index in [1.165, 1.54) is 0 Å². The summed E-state index contributed by atoms with van der Waals surface area (Å²) in [6.45, 7) is 8.58. The van der Waals surface area contributed by atoms with Crippen LogP contribution in [0, 0.1) is 11.3 Å². The molecule has 0 aliphatic rings. The van der Waals surface area contributed by atoms with Gasteiger partial charge in [0.15, 0.2) is 0 Å². The average molecular weight is 216 g/mol. The highest BCUT2D eigenvalue weighted by Crippen LogP contribution is 2.20. The minimum Gasteiger partial charge on any atom is -0.391 e. The summed E-state index contributed by atoms with van der Waals surface area (Å²) in [7, 11) is 0. The molecule has 4 nitrogen and oxygen atoms in total. The Morgan fingerprint density at radius 1 is 1.47 bits per heavy atom. The zero-order valence-corrected chi connectivity index (χ0v) is 10.2. The molecule has 0 saturated carbocycles. The fourth-order valence-electron chi connectivity index (χ4n) is 1.28. The lowest BCUT2D eigenvalue weighted by atomic mass is 9.89. The predicted molar refractivity (Wildman–Crippen MR) is 61.3 cm³/mol. The van der Waals surface area contributed by atoms with Gasteiger partial charge in [-0.3, -0.25) is 4.79 Å². The van der Waals surface area contributed by atoms with Gasteiger partial charge in [-0.1, -0.05) is 27.7 Å². The second-order valence-electron chi connectivity index (χ2n) is 5.30. The van der Waals surface area contributed by atoms with E-state index in [1.807, 2.05) is 0 Å². The summed E-state index contributed by atoms with van der Waals surface area (Å²) >= 11 is 0. The van der Waals surface area contributed by atoms with Crippen LogP contribution in [0.1, 0.15) is 34.1 Å². The van der Waals surface area contributed by atoms with Crippen molar-refractivity contribution < 1.29 is 9.90 Å². The van der Waals surface area contributed by atoms with Gasteiger partial charge >= 0.3 is 0 Å². The fourth-order valence-corrected chi connectivity index (χ4v) is 1.28. The van der Waals surface area contributed by atoms with E-state index < -0.39 is 6.10 Å². The zero-order chi connectivity index (χ0) is 12.1. The molecule has 2 atom stereocenters. The number of hydrogen-bond acceptors (Lipinski definition) is 3. The van der Waals surface area contributed by atoms with Crippen molar-refractivity contribution in [1.82, 2.24) is 5.32 Å². The number of nitrogens with one attached hydrogen (secondary N) is 1. The van der Waals surface area contributed by atoms with Gasteiger partial charge in [0.1, 0.15) is 0 Å². The molecule has 4 N–H and O–H groups in total. The lowest BCUT2D eigenvalue weighted by Gasteiger charge is -2.22. The van der Waals surface area contributed by atoms with E-state index in [2.05, 4.69) is 26.1 Å². The molecule has 2 unspecified atom stereocenters. The van der Waals surface area contributed by atoms with Crippen molar-refractivity contribution in [2.24, 2.45) is 17.1 Å². The van der Waals surface area contributed by atoms with Gasteiger partial charge in [0.25, 0.3) is 0 Å². The maximum Gasteiger partial charge on any atom is 0.224 e. The van der Waals surface area contributed by atoms with Crippen LogP contribution in [-0.4, -0.2) is 30.2 Å². The number of rotatable bonds is 5. The molecule has 0 radical (unpaired) electrons. The first-order chi connectivity index (χ1) is 6.76. The second kappa shape index (κ2) is 6.08. The monoisotopic (exact) mass is 216 g/mol. The summed E-state index contributed by atoms with van der Waals surface area (Å²) in [6, 6.07) is 0. The normalized spacial score (nSPS) is 15.9. The molecular formula is C11H24N2O2. The topological polar surface area (TPSA) is 75.4 Å². The first kappa shape index (κ1) is 14.4. The van der Waals surface area contributed by atoms with Crippen molar-refractivity contribution in [3.8, 4) is 0 Å².